The van der Waals surface area contributed by atoms with Gasteiger partial charge in [-0.25, -0.2) is 9.18 Å². The lowest BCUT2D eigenvalue weighted by Gasteiger charge is -2.55. The largest absolute Gasteiger partial charge is 0.484 e. The minimum absolute atomic E-state index is 0.0978. The van der Waals surface area contributed by atoms with Gasteiger partial charge in [-0.15, -0.1) is 0 Å². The quantitative estimate of drug-likeness (QED) is 0.331. The number of halogens is 2. The first-order valence-corrected chi connectivity index (χ1v) is 14.8. The number of hydrogen-bond donors (Lipinski definition) is 3. The van der Waals surface area contributed by atoms with Crippen molar-refractivity contribution >= 4 is 41.1 Å². The molecule has 0 aliphatic carbocycles. The van der Waals surface area contributed by atoms with E-state index in [4.69, 9.17) is 16.3 Å². The fraction of sp³-hybridized carbons (Fsp3) is 0.500. The molecule has 0 unspecified atom stereocenters. The van der Waals surface area contributed by atoms with Crippen LogP contribution in [0.4, 0.5) is 14.9 Å². The molecule has 44 heavy (non-hydrogen) atoms. The molecule has 1 aliphatic heterocycles. The van der Waals surface area contributed by atoms with Crippen LogP contribution in [0.1, 0.15) is 66.9 Å². The summed E-state index contributed by atoms with van der Waals surface area (Å²) in [5.41, 5.74) is -0.815. The number of carbonyl (C=O) groups is 4. The van der Waals surface area contributed by atoms with Crippen LogP contribution in [0.25, 0.3) is 0 Å². The van der Waals surface area contributed by atoms with Crippen LogP contribution in [0.5, 0.6) is 5.75 Å². The highest BCUT2D eigenvalue weighted by Gasteiger charge is 2.48. The molecule has 3 N–H and O–H groups in total. The molecule has 0 radical (unpaired) electrons. The molecule has 0 spiro atoms. The van der Waals surface area contributed by atoms with E-state index in [-0.39, 0.29) is 23.2 Å². The maximum Gasteiger partial charge on any atom is 0.407 e. The average Bonchev–Trinajstić information content (AvgIpc) is 2.88. The minimum atomic E-state index is -0.967. The van der Waals surface area contributed by atoms with E-state index >= 15 is 0 Å². The maximum absolute atomic E-state index is 13.7. The Hall–Kier alpha value is -3.86. The van der Waals surface area contributed by atoms with Gasteiger partial charge in [0, 0.05) is 34.9 Å². The van der Waals surface area contributed by atoms with Crippen molar-refractivity contribution in [3.8, 4) is 5.75 Å². The van der Waals surface area contributed by atoms with Crippen LogP contribution in [-0.2, 0) is 20.8 Å². The number of nitrogens with zero attached hydrogens (tertiary/aromatic N) is 2. The molecule has 0 atom stereocenters. The smallest absolute Gasteiger partial charge is 0.407 e. The molecule has 2 aromatic carbocycles. The molecule has 10 nitrogen and oxygen atoms in total. The van der Waals surface area contributed by atoms with E-state index in [0.717, 1.165) is 11.6 Å². The molecule has 12 heteroatoms. The van der Waals surface area contributed by atoms with E-state index in [1.807, 2.05) is 60.6 Å². The second-order valence-corrected chi connectivity index (χ2v) is 13.7. The van der Waals surface area contributed by atoms with Gasteiger partial charge in [-0.1, -0.05) is 23.7 Å². The molecule has 1 aliphatic rings. The summed E-state index contributed by atoms with van der Waals surface area (Å²) in [5, 5.41) is 14.5. The molecule has 240 valence electrons. The van der Waals surface area contributed by atoms with E-state index in [1.165, 1.54) is 17.0 Å². The zero-order valence-electron chi connectivity index (χ0n) is 26.3. The van der Waals surface area contributed by atoms with Crippen molar-refractivity contribution in [3.05, 3.63) is 58.9 Å². The summed E-state index contributed by atoms with van der Waals surface area (Å²) in [7, 11) is 0. The van der Waals surface area contributed by atoms with Crippen LogP contribution in [0.2, 0.25) is 5.02 Å². The van der Waals surface area contributed by atoms with Gasteiger partial charge in [0.1, 0.15) is 11.6 Å². The van der Waals surface area contributed by atoms with Crippen LogP contribution in [0, 0.1) is 5.82 Å². The number of anilines is 1. The second kappa shape index (κ2) is 13.4. The fourth-order valence-corrected chi connectivity index (χ4v) is 6.11. The summed E-state index contributed by atoms with van der Waals surface area (Å²) in [6, 6.07) is 10.5. The fourth-order valence-electron chi connectivity index (χ4n) is 5.99. The van der Waals surface area contributed by atoms with Crippen LogP contribution < -0.4 is 15.4 Å². The number of likely N-dealkylation sites (tertiary alicyclic amines) is 1. The Morgan fingerprint density at radius 1 is 1.02 bits per heavy atom. The van der Waals surface area contributed by atoms with E-state index in [9.17, 15) is 28.7 Å². The molecule has 3 rings (SSSR count). The van der Waals surface area contributed by atoms with Gasteiger partial charge in [-0.2, -0.15) is 0 Å². The lowest BCUT2D eigenvalue weighted by molar-refractivity contribution is -0.153. The lowest BCUT2D eigenvalue weighted by Crippen LogP contribution is -2.67. The Balaban J connectivity index is 1.56. The first-order valence-electron chi connectivity index (χ1n) is 14.4. The molecule has 0 aromatic heterocycles. The van der Waals surface area contributed by atoms with Crippen molar-refractivity contribution in [2.75, 3.05) is 18.5 Å². The van der Waals surface area contributed by atoms with E-state index in [0.29, 0.717) is 31.6 Å². The highest BCUT2D eigenvalue weighted by molar-refractivity contribution is 6.39. The molecule has 1 saturated heterocycles. The van der Waals surface area contributed by atoms with Crippen LogP contribution in [-0.4, -0.2) is 74.5 Å². The summed E-state index contributed by atoms with van der Waals surface area (Å²) < 4.78 is 19.5. The number of amides is 4. The number of piperidine rings is 1. The average molecular weight is 633 g/mol. The molecular formula is C32H42ClFN4O6. The highest BCUT2D eigenvalue weighted by atomic mass is 35.5. The third kappa shape index (κ3) is 8.84. The third-order valence-corrected chi connectivity index (χ3v) is 7.93. The molecule has 0 saturated carbocycles. The normalized spacial score (nSPS) is 16.2. The van der Waals surface area contributed by atoms with E-state index < -0.39 is 46.4 Å². The first-order chi connectivity index (χ1) is 20.3. The minimum Gasteiger partial charge on any atom is -0.484 e. The molecule has 4 amide bonds. The number of ether oxygens (including phenoxy) is 1. The van der Waals surface area contributed by atoms with Crippen molar-refractivity contribution in [2.24, 2.45) is 0 Å². The van der Waals surface area contributed by atoms with Gasteiger partial charge < -0.3 is 30.3 Å². The molecule has 1 fully saturated rings. The van der Waals surface area contributed by atoms with Gasteiger partial charge in [0.05, 0.1) is 5.02 Å². The monoisotopic (exact) mass is 632 g/mol. The van der Waals surface area contributed by atoms with E-state index in [1.54, 1.807) is 17.0 Å². The van der Waals surface area contributed by atoms with Crippen LogP contribution in [0.3, 0.4) is 0 Å². The van der Waals surface area contributed by atoms with Gasteiger partial charge in [0.15, 0.2) is 6.61 Å². The summed E-state index contributed by atoms with van der Waals surface area (Å²) in [6.07, 6.45) is 0.365. The Morgan fingerprint density at radius 3 is 2.14 bits per heavy atom. The first kappa shape index (κ1) is 34.6. The van der Waals surface area contributed by atoms with Gasteiger partial charge >= 0.3 is 17.9 Å². The second-order valence-electron chi connectivity index (χ2n) is 13.3. The number of carboxylic acid groups (broad SMARTS) is 1. The van der Waals surface area contributed by atoms with Crippen LogP contribution >= 0.6 is 11.6 Å². The van der Waals surface area contributed by atoms with Crippen molar-refractivity contribution in [2.45, 2.75) is 90.4 Å². The predicted octanol–water partition coefficient (Wildman–Crippen LogP) is 5.48. The topological polar surface area (TPSA) is 128 Å². The summed E-state index contributed by atoms with van der Waals surface area (Å²) >= 11 is 5.67. The molecule has 0 bridgehead atoms. The Morgan fingerprint density at radius 2 is 1.61 bits per heavy atom. The van der Waals surface area contributed by atoms with Crippen molar-refractivity contribution < 1.29 is 33.4 Å². The third-order valence-electron chi connectivity index (χ3n) is 7.62. The molecular weight excluding hydrogens is 591 g/mol. The number of nitrogens with one attached hydrogen (secondary N) is 2. The Bertz CT molecular complexity index is 1370. The maximum atomic E-state index is 13.7. The van der Waals surface area contributed by atoms with Crippen LogP contribution in [0.15, 0.2) is 42.5 Å². The SMILES string of the molecule is CC(C)(C)N(CCc1ccc(OCC(=O)N2C(C)(C)CC(NC(=O)C(=O)Nc3ccc(Cl)c(F)c3)CC2(C)C)cc1)C(=O)O. The summed E-state index contributed by atoms with van der Waals surface area (Å²) in [6.45, 7) is 13.3. The number of rotatable bonds is 8. The Labute approximate surface area is 262 Å². The zero-order valence-corrected chi connectivity index (χ0v) is 27.0. The van der Waals surface area contributed by atoms with Gasteiger partial charge in [0.2, 0.25) is 0 Å². The van der Waals surface area contributed by atoms with Gasteiger partial charge in [-0.3, -0.25) is 14.4 Å². The molecule has 1 heterocycles. The number of hydrogen-bond acceptors (Lipinski definition) is 5. The molecule has 2 aromatic rings. The van der Waals surface area contributed by atoms with Crippen molar-refractivity contribution in [1.29, 1.82) is 0 Å². The number of benzene rings is 2. The summed E-state index contributed by atoms with van der Waals surface area (Å²) in [5.74, 6) is -2.23. The van der Waals surface area contributed by atoms with Gasteiger partial charge in [-0.05, 0) is 104 Å². The predicted molar refractivity (Wildman–Crippen MR) is 166 cm³/mol. The zero-order chi connectivity index (χ0) is 33.0. The van der Waals surface area contributed by atoms with E-state index in [2.05, 4.69) is 10.6 Å². The van der Waals surface area contributed by atoms with Crippen molar-refractivity contribution in [3.63, 3.8) is 0 Å². The Kier molecular flexibility index (Phi) is 10.6. The number of carbonyl (C=O) groups excluding carboxylic acids is 3. The highest BCUT2D eigenvalue weighted by Crippen LogP contribution is 2.38. The van der Waals surface area contributed by atoms with Crippen molar-refractivity contribution in [1.82, 2.24) is 15.1 Å². The van der Waals surface area contributed by atoms with Gasteiger partial charge in [0.25, 0.3) is 5.91 Å². The standard InChI is InChI=1S/C32H42ClFN4O6/c1-30(2,3)37(29(42)43)15-14-20-8-11-23(12-9-20)44-19-26(39)38-31(4,5)17-22(18-32(38,6)7)36-28(41)27(40)35-21-10-13-24(33)25(34)16-21/h8-13,16,22H,14-15,17-19H2,1-7H3,(H,35,40)(H,36,41)(H,42,43). The lowest BCUT2D eigenvalue weighted by atomic mass is 9.76. The summed E-state index contributed by atoms with van der Waals surface area (Å²) in [4.78, 5) is 53.3.